The van der Waals surface area contributed by atoms with Crippen LogP contribution in [-0.4, -0.2) is 5.71 Å². The van der Waals surface area contributed by atoms with Gasteiger partial charge in [-0.3, -0.25) is 4.99 Å². The SMILES string of the molecule is FC(F)(F)c1ccc([C@@H]2Sc3ccccc3N=C3c4ccccc4CC[C@@H]32)cc1. The normalized spacial score (nSPS) is 20.7. The van der Waals surface area contributed by atoms with Gasteiger partial charge in [-0.05, 0) is 53.8 Å². The molecule has 1 nitrogen and oxygen atoms in total. The van der Waals surface area contributed by atoms with Gasteiger partial charge in [-0.25, -0.2) is 0 Å². The number of hydrogen-bond donors (Lipinski definition) is 0. The van der Waals surface area contributed by atoms with Gasteiger partial charge < -0.3 is 0 Å². The van der Waals surface area contributed by atoms with Crippen LogP contribution in [0.3, 0.4) is 0 Å². The average molecular weight is 409 g/mol. The van der Waals surface area contributed by atoms with E-state index in [2.05, 4.69) is 12.1 Å². The van der Waals surface area contributed by atoms with Crippen LogP contribution in [0, 0.1) is 5.92 Å². The van der Waals surface area contributed by atoms with E-state index in [0.29, 0.717) is 0 Å². The molecule has 0 saturated heterocycles. The second-order valence-electron chi connectivity index (χ2n) is 7.43. The van der Waals surface area contributed by atoms with Gasteiger partial charge in [0.2, 0.25) is 0 Å². The maximum absolute atomic E-state index is 13.0. The van der Waals surface area contributed by atoms with Gasteiger partial charge >= 0.3 is 6.18 Å². The molecular weight excluding hydrogens is 391 g/mol. The van der Waals surface area contributed by atoms with Gasteiger partial charge in [0.05, 0.1) is 17.0 Å². The maximum Gasteiger partial charge on any atom is 0.416 e. The highest BCUT2D eigenvalue weighted by molar-refractivity contribution is 7.99. The summed E-state index contributed by atoms with van der Waals surface area (Å²) in [6.07, 6.45) is -2.44. The fraction of sp³-hybridized carbons (Fsp3) is 0.208. The predicted octanol–water partition coefficient (Wildman–Crippen LogP) is 7.24. The first-order valence-electron chi connectivity index (χ1n) is 9.60. The van der Waals surface area contributed by atoms with E-state index in [0.717, 1.165) is 40.3 Å². The van der Waals surface area contributed by atoms with Crippen LogP contribution in [0.5, 0.6) is 0 Å². The van der Waals surface area contributed by atoms with Crippen molar-refractivity contribution < 1.29 is 13.2 Å². The molecule has 29 heavy (non-hydrogen) atoms. The lowest BCUT2D eigenvalue weighted by Crippen LogP contribution is -2.27. The number of hydrogen-bond acceptors (Lipinski definition) is 2. The molecule has 2 atom stereocenters. The summed E-state index contributed by atoms with van der Waals surface area (Å²) in [5, 5.41) is 0.0213. The Kier molecular flexibility index (Phi) is 4.50. The van der Waals surface area contributed by atoms with Crippen LogP contribution in [0.2, 0.25) is 0 Å². The molecule has 1 heterocycles. The fourth-order valence-corrected chi connectivity index (χ4v) is 5.62. The van der Waals surface area contributed by atoms with E-state index in [1.165, 1.54) is 17.7 Å². The zero-order valence-electron chi connectivity index (χ0n) is 15.5. The summed E-state index contributed by atoms with van der Waals surface area (Å²) in [6, 6.07) is 22.0. The topological polar surface area (TPSA) is 12.4 Å². The molecule has 5 rings (SSSR count). The predicted molar refractivity (Wildman–Crippen MR) is 111 cm³/mol. The molecule has 0 spiro atoms. The molecule has 3 aromatic carbocycles. The second-order valence-corrected chi connectivity index (χ2v) is 8.61. The van der Waals surface area contributed by atoms with Crippen molar-refractivity contribution in [2.24, 2.45) is 10.9 Å². The number of fused-ring (bicyclic) bond motifs is 4. The number of alkyl halides is 3. The molecule has 0 saturated carbocycles. The van der Waals surface area contributed by atoms with Crippen LogP contribution >= 0.6 is 11.8 Å². The van der Waals surface area contributed by atoms with Crippen LogP contribution in [0.25, 0.3) is 0 Å². The second kappa shape index (κ2) is 7.06. The molecule has 1 aliphatic carbocycles. The Morgan fingerprint density at radius 2 is 1.59 bits per heavy atom. The third kappa shape index (κ3) is 3.38. The van der Waals surface area contributed by atoms with Crippen molar-refractivity contribution in [1.29, 1.82) is 0 Å². The Morgan fingerprint density at radius 1 is 0.862 bits per heavy atom. The van der Waals surface area contributed by atoms with Crippen LogP contribution in [-0.2, 0) is 12.6 Å². The molecular formula is C24H18F3NS. The third-order valence-corrected chi connectivity index (χ3v) is 7.12. The number of para-hydroxylation sites is 1. The maximum atomic E-state index is 13.0. The Labute approximate surface area is 171 Å². The highest BCUT2D eigenvalue weighted by Gasteiger charge is 2.36. The smallest absolute Gasteiger partial charge is 0.251 e. The summed E-state index contributed by atoms with van der Waals surface area (Å²) in [7, 11) is 0. The number of benzene rings is 3. The summed E-state index contributed by atoms with van der Waals surface area (Å²) in [5.41, 5.74) is 4.74. The van der Waals surface area contributed by atoms with Gasteiger partial charge in [-0.2, -0.15) is 13.2 Å². The lowest BCUT2D eigenvalue weighted by Gasteiger charge is -2.31. The van der Waals surface area contributed by atoms with E-state index in [1.54, 1.807) is 23.9 Å². The molecule has 5 heteroatoms. The molecule has 0 N–H and O–H groups in total. The third-order valence-electron chi connectivity index (χ3n) is 5.66. The van der Waals surface area contributed by atoms with Gasteiger partial charge in [0.25, 0.3) is 0 Å². The monoisotopic (exact) mass is 409 g/mol. The van der Waals surface area contributed by atoms with Gasteiger partial charge in [0, 0.05) is 16.1 Å². The van der Waals surface area contributed by atoms with E-state index in [4.69, 9.17) is 4.99 Å². The highest BCUT2D eigenvalue weighted by atomic mass is 32.2. The van der Waals surface area contributed by atoms with Gasteiger partial charge in [-0.1, -0.05) is 48.5 Å². The van der Waals surface area contributed by atoms with E-state index in [-0.39, 0.29) is 11.2 Å². The zero-order chi connectivity index (χ0) is 20.0. The van der Waals surface area contributed by atoms with Crippen LogP contribution in [0.1, 0.15) is 33.9 Å². The summed E-state index contributed by atoms with van der Waals surface area (Å²) >= 11 is 1.71. The number of rotatable bonds is 1. The minimum absolute atomic E-state index is 0.0213. The molecule has 1 aliphatic heterocycles. The Hall–Kier alpha value is -2.53. The quantitative estimate of drug-likeness (QED) is 0.413. The Balaban J connectivity index is 1.63. The number of thioether (sulfide) groups is 1. The molecule has 0 bridgehead atoms. The standard InChI is InChI=1S/C24H18F3NS/c25-24(26,27)17-12-9-16(10-13-17)23-19-14-11-15-5-1-2-6-18(15)22(19)28-20-7-3-4-8-21(20)29-23/h1-10,12-13,19,23H,11,14H2/t19-,23-/m0/s1. The molecule has 2 aliphatic rings. The van der Waals surface area contributed by atoms with Crippen LogP contribution < -0.4 is 0 Å². The lowest BCUT2D eigenvalue weighted by atomic mass is 9.78. The summed E-state index contributed by atoms with van der Waals surface area (Å²) < 4.78 is 39.1. The van der Waals surface area contributed by atoms with Crippen molar-refractivity contribution in [2.75, 3.05) is 0 Å². The molecule has 146 valence electrons. The summed E-state index contributed by atoms with van der Waals surface area (Å²) in [4.78, 5) is 6.12. The zero-order valence-corrected chi connectivity index (χ0v) is 16.3. The van der Waals surface area contributed by atoms with Crippen LogP contribution in [0.4, 0.5) is 18.9 Å². The molecule has 0 fully saturated rings. The van der Waals surface area contributed by atoms with Crippen molar-refractivity contribution in [2.45, 2.75) is 29.2 Å². The molecule has 0 radical (unpaired) electrons. The minimum Gasteiger partial charge on any atom is -0.251 e. The van der Waals surface area contributed by atoms with Crippen molar-refractivity contribution in [3.05, 3.63) is 95.1 Å². The first kappa shape index (κ1) is 18.5. The summed E-state index contributed by atoms with van der Waals surface area (Å²) in [6.45, 7) is 0. The van der Waals surface area contributed by atoms with Gasteiger partial charge in [0.1, 0.15) is 0 Å². The molecule has 0 aromatic heterocycles. The fourth-order valence-electron chi connectivity index (χ4n) is 4.23. The minimum atomic E-state index is -4.32. The lowest BCUT2D eigenvalue weighted by molar-refractivity contribution is -0.137. The Morgan fingerprint density at radius 3 is 2.38 bits per heavy atom. The van der Waals surface area contributed by atoms with Gasteiger partial charge in [0.15, 0.2) is 0 Å². The van der Waals surface area contributed by atoms with Crippen molar-refractivity contribution in [1.82, 2.24) is 0 Å². The van der Waals surface area contributed by atoms with E-state index in [1.807, 2.05) is 36.4 Å². The number of halogens is 3. The van der Waals surface area contributed by atoms with E-state index < -0.39 is 11.7 Å². The first-order chi connectivity index (χ1) is 14.0. The van der Waals surface area contributed by atoms with Gasteiger partial charge in [-0.15, -0.1) is 11.8 Å². The van der Waals surface area contributed by atoms with Crippen LogP contribution in [0.15, 0.2) is 82.7 Å². The van der Waals surface area contributed by atoms with Crippen molar-refractivity contribution in [3.63, 3.8) is 0 Å². The highest BCUT2D eigenvalue weighted by Crippen LogP contribution is 2.51. The number of aliphatic imine (C=N–C) groups is 1. The van der Waals surface area contributed by atoms with Crippen molar-refractivity contribution >= 4 is 23.2 Å². The first-order valence-corrected chi connectivity index (χ1v) is 10.5. The largest absolute Gasteiger partial charge is 0.416 e. The molecule has 0 amide bonds. The number of nitrogens with zero attached hydrogens (tertiary/aromatic N) is 1. The van der Waals surface area contributed by atoms with E-state index >= 15 is 0 Å². The van der Waals surface area contributed by atoms with E-state index in [9.17, 15) is 13.2 Å². The summed E-state index contributed by atoms with van der Waals surface area (Å²) in [5.74, 6) is 0.152. The van der Waals surface area contributed by atoms with Crippen molar-refractivity contribution in [3.8, 4) is 0 Å². The molecule has 3 aromatic rings. The average Bonchev–Trinajstić information content (AvgIpc) is 2.90. The molecule has 0 unspecified atom stereocenters. The Bertz CT molecular complexity index is 1090. The number of aryl methyl sites for hydroxylation is 1.